The third-order valence-electron chi connectivity index (χ3n) is 3.59. The molecule has 27 heavy (non-hydrogen) atoms. The van der Waals surface area contributed by atoms with Crippen LogP contribution in [0.2, 0.25) is 5.02 Å². The van der Waals surface area contributed by atoms with Gasteiger partial charge in [0.1, 0.15) is 5.02 Å². The van der Waals surface area contributed by atoms with Gasteiger partial charge < -0.3 is 5.32 Å². The lowest BCUT2D eigenvalue weighted by atomic mass is 10.2. The van der Waals surface area contributed by atoms with E-state index in [9.17, 15) is 19.7 Å². The van der Waals surface area contributed by atoms with Crippen molar-refractivity contribution in [3.8, 4) is 0 Å². The number of amides is 2. The van der Waals surface area contributed by atoms with Gasteiger partial charge in [-0.3, -0.25) is 19.7 Å². The highest BCUT2D eigenvalue weighted by Crippen LogP contribution is 2.24. The van der Waals surface area contributed by atoms with E-state index in [0.29, 0.717) is 11.4 Å². The van der Waals surface area contributed by atoms with Crippen LogP contribution in [0.1, 0.15) is 29.3 Å². The van der Waals surface area contributed by atoms with E-state index < -0.39 is 10.8 Å². The van der Waals surface area contributed by atoms with Gasteiger partial charge in [0, 0.05) is 23.0 Å². The maximum absolute atomic E-state index is 12.1. The summed E-state index contributed by atoms with van der Waals surface area (Å²) in [5.74, 6) is -0.858. The Labute approximate surface area is 160 Å². The number of hydrazone groups is 1. The lowest BCUT2D eigenvalue weighted by Gasteiger charge is -2.08. The number of aryl methyl sites for hydroxylation is 1. The molecule has 2 rings (SSSR count). The Kier molecular flexibility index (Phi) is 6.62. The summed E-state index contributed by atoms with van der Waals surface area (Å²) in [7, 11) is 0. The van der Waals surface area contributed by atoms with Crippen LogP contribution < -0.4 is 10.7 Å². The maximum atomic E-state index is 12.1. The van der Waals surface area contributed by atoms with Crippen LogP contribution in [-0.2, 0) is 4.79 Å². The first kappa shape index (κ1) is 20.1. The number of nitro groups is 1. The highest BCUT2D eigenvalue weighted by atomic mass is 35.5. The van der Waals surface area contributed by atoms with E-state index in [-0.39, 0.29) is 28.6 Å². The fourth-order valence-corrected chi connectivity index (χ4v) is 2.44. The van der Waals surface area contributed by atoms with Crippen molar-refractivity contribution in [1.29, 1.82) is 0 Å². The fraction of sp³-hybridized carbons (Fsp3) is 0.167. The molecule has 0 aromatic heterocycles. The molecule has 2 N–H and O–H groups in total. The Morgan fingerprint density at radius 2 is 1.93 bits per heavy atom. The Morgan fingerprint density at radius 3 is 2.56 bits per heavy atom. The number of halogens is 1. The number of nitrogens with zero attached hydrogens (tertiary/aromatic N) is 2. The maximum Gasteiger partial charge on any atom is 0.287 e. The second kappa shape index (κ2) is 8.91. The van der Waals surface area contributed by atoms with Gasteiger partial charge in [-0.15, -0.1) is 0 Å². The van der Waals surface area contributed by atoms with Gasteiger partial charge in [0.15, 0.2) is 0 Å². The van der Waals surface area contributed by atoms with Crippen molar-refractivity contribution in [2.24, 2.45) is 5.10 Å². The summed E-state index contributed by atoms with van der Waals surface area (Å²) in [5, 5.41) is 17.2. The molecule has 0 aliphatic carbocycles. The van der Waals surface area contributed by atoms with Crippen molar-refractivity contribution >= 4 is 40.5 Å². The Bertz CT molecular complexity index is 927. The van der Waals surface area contributed by atoms with E-state index in [2.05, 4.69) is 15.8 Å². The Morgan fingerprint density at radius 1 is 1.22 bits per heavy atom. The first-order valence-electron chi connectivity index (χ1n) is 7.91. The summed E-state index contributed by atoms with van der Waals surface area (Å²) in [6.07, 6.45) is -0.00433. The quantitative estimate of drug-likeness (QED) is 0.446. The van der Waals surface area contributed by atoms with Gasteiger partial charge in [-0.1, -0.05) is 29.8 Å². The predicted octanol–water partition coefficient (Wildman–Crippen LogP) is 3.69. The largest absolute Gasteiger partial charge is 0.326 e. The number of carbonyl (C=O) groups excluding carboxylic acids is 2. The number of hydrogen-bond acceptors (Lipinski definition) is 5. The van der Waals surface area contributed by atoms with Gasteiger partial charge in [0.05, 0.1) is 11.3 Å². The summed E-state index contributed by atoms with van der Waals surface area (Å²) in [5.41, 5.74) is 4.16. The lowest BCUT2D eigenvalue weighted by molar-refractivity contribution is -0.384. The minimum absolute atomic E-state index is 0.00433. The first-order valence-corrected chi connectivity index (χ1v) is 8.28. The average molecular weight is 389 g/mol. The van der Waals surface area contributed by atoms with Gasteiger partial charge in [-0.05, 0) is 37.6 Å². The van der Waals surface area contributed by atoms with E-state index >= 15 is 0 Å². The molecule has 0 radical (unpaired) electrons. The van der Waals surface area contributed by atoms with Crippen molar-refractivity contribution in [2.45, 2.75) is 20.3 Å². The zero-order valence-corrected chi connectivity index (χ0v) is 15.4. The number of anilines is 1. The summed E-state index contributed by atoms with van der Waals surface area (Å²) in [6, 6.07) is 11.0. The first-order chi connectivity index (χ1) is 12.8. The monoisotopic (exact) mass is 388 g/mol. The molecule has 0 atom stereocenters. The van der Waals surface area contributed by atoms with Gasteiger partial charge in [-0.25, -0.2) is 5.43 Å². The van der Waals surface area contributed by atoms with Crippen LogP contribution in [0.5, 0.6) is 0 Å². The lowest BCUT2D eigenvalue weighted by Crippen LogP contribution is -2.21. The van der Waals surface area contributed by atoms with Gasteiger partial charge >= 0.3 is 0 Å². The van der Waals surface area contributed by atoms with Crippen LogP contribution in [0.25, 0.3) is 0 Å². The van der Waals surface area contributed by atoms with E-state index in [1.807, 2.05) is 25.1 Å². The minimum atomic E-state index is -0.640. The Balaban J connectivity index is 1.95. The molecule has 0 saturated heterocycles. The number of carbonyl (C=O) groups is 2. The number of hydrogen-bond donors (Lipinski definition) is 2. The van der Waals surface area contributed by atoms with E-state index in [0.717, 1.165) is 11.6 Å². The zero-order chi connectivity index (χ0) is 20.0. The average Bonchev–Trinajstić information content (AvgIpc) is 2.61. The second-order valence-electron chi connectivity index (χ2n) is 5.75. The van der Waals surface area contributed by atoms with Crippen LogP contribution in [0.3, 0.4) is 0 Å². The molecular formula is C18H17ClN4O4. The van der Waals surface area contributed by atoms with Crippen LogP contribution in [-0.4, -0.2) is 22.4 Å². The van der Waals surface area contributed by atoms with Crippen molar-refractivity contribution in [3.05, 3.63) is 68.7 Å². The van der Waals surface area contributed by atoms with E-state index in [1.165, 1.54) is 12.1 Å². The third-order valence-corrected chi connectivity index (χ3v) is 3.89. The molecular weight excluding hydrogens is 372 g/mol. The molecule has 0 bridgehead atoms. The summed E-state index contributed by atoms with van der Waals surface area (Å²) in [6.45, 7) is 3.48. The number of nitro benzene ring substituents is 1. The topological polar surface area (TPSA) is 114 Å². The van der Waals surface area contributed by atoms with Crippen LogP contribution in [0.4, 0.5) is 11.4 Å². The minimum Gasteiger partial charge on any atom is -0.326 e. The SMILES string of the molecule is CC(CC(=O)Nc1ccccc1C)=NNC(=O)c1ccc([N+](=O)[O-])c(Cl)c1. The number of benzene rings is 2. The standard InChI is InChI=1S/C18H17ClN4O4/c1-11-5-3-4-6-15(11)20-17(24)9-12(2)21-22-18(25)13-7-8-16(23(26)27)14(19)10-13/h3-8,10H,9H2,1-2H3,(H,20,24)(H,22,25). The van der Waals surface area contributed by atoms with Crippen LogP contribution >= 0.6 is 11.6 Å². The van der Waals surface area contributed by atoms with Crippen LogP contribution in [0, 0.1) is 17.0 Å². The molecule has 2 aromatic rings. The van der Waals surface area contributed by atoms with Gasteiger partial charge in [0.2, 0.25) is 5.91 Å². The third kappa shape index (κ3) is 5.61. The fourth-order valence-electron chi connectivity index (χ4n) is 2.19. The Hall–Kier alpha value is -3.26. The predicted molar refractivity (Wildman–Crippen MR) is 103 cm³/mol. The van der Waals surface area contributed by atoms with E-state index in [1.54, 1.807) is 13.0 Å². The number of nitrogens with one attached hydrogen (secondary N) is 2. The molecule has 0 fully saturated rings. The highest BCUT2D eigenvalue weighted by Gasteiger charge is 2.15. The van der Waals surface area contributed by atoms with Crippen molar-refractivity contribution in [1.82, 2.24) is 5.43 Å². The summed E-state index contributed by atoms with van der Waals surface area (Å²) >= 11 is 5.78. The normalized spacial score (nSPS) is 11.0. The highest BCUT2D eigenvalue weighted by molar-refractivity contribution is 6.33. The summed E-state index contributed by atoms with van der Waals surface area (Å²) in [4.78, 5) is 34.2. The van der Waals surface area contributed by atoms with Gasteiger partial charge in [-0.2, -0.15) is 5.10 Å². The summed E-state index contributed by atoms with van der Waals surface area (Å²) < 4.78 is 0. The zero-order valence-electron chi connectivity index (χ0n) is 14.7. The molecule has 9 heteroatoms. The molecule has 0 unspecified atom stereocenters. The second-order valence-corrected chi connectivity index (χ2v) is 6.16. The molecule has 140 valence electrons. The van der Waals surface area contributed by atoms with Gasteiger partial charge in [0.25, 0.3) is 11.6 Å². The van der Waals surface area contributed by atoms with Crippen molar-refractivity contribution in [2.75, 3.05) is 5.32 Å². The molecule has 0 spiro atoms. The smallest absolute Gasteiger partial charge is 0.287 e. The molecule has 0 aliphatic heterocycles. The number of rotatable bonds is 6. The molecule has 2 amide bonds. The van der Waals surface area contributed by atoms with Crippen molar-refractivity contribution in [3.63, 3.8) is 0 Å². The van der Waals surface area contributed by atoms with E-state index in [4.69, 9.17) is 11.6 Å². The molecule has 2 aromatic carbocycles. The molecule has 0 heterocycles. The van der Waals surface area contributed by atoms with Crippen LogP contribution in [0.15, 0.2) is 47.6 Å². The molecule has 0 aliphatic rings. The molecule has 0 saturated carbocycles. The van der Waals surface area contributed by atoms with Crippen molar-refractivity contribution < 1.29 is 14.5 Å². The number of para-hydroxylation sites is 1. The molecule has 8 nitrogen and oxygen atoms in total.